The molecule has 0 spiro atoms. The second-order valence-corrected chi connectivity index (χ2v) is 7.47. The zero-order valence-corrected chi connectivity index (χ0v) is 15.9. The topological polar surface area (TPSA) is 40.5 Å². The van der Waals surface area contributed by atoms with Gasteiger partial charge in [-0.3, -0.25) is 0 Å². The van der Waals surface area contributed by atoms with Gasteiger partial charge in [-0.1, -0.05) is 84.5 Å². The monoisotopic (exact) mass is 334 g/mol. The van der Waals surface area contributed by atoms with Crippen molar-refractivity contribution in [2.45, 2.75) is 97.3 Å². The Balaban J connectivity index is 1.97. The third-order valence-corrected chi connectivity index (χ3v) is 4.93. The van der Waals surface area contributed by atoms with E-state index in [1.54, 1.807) is 12.1 Å². The molecule has 0 aliphatic heterocycles. The van der Waals surface area contributed by atoms with E-state index in [9.17, 15) is 10.2 Å². The van der Waals surface area contributed by atoms with Crippen molar-refractivity contribution >= 4 is 0 Å². The molecule has 1 aromatic rings. The fourth-order valence-corrected chi connectivity index (χ4v) is 3.40. The highest BCUT2D eigenvalue weighted by molar-refractivity contribution is 5.36. The van der Waals surface area contributed by atoms with Crippen molar-refractivity contribution in [1.82, 2.24) is 0 Å². The zero-order valence-electron chi connectivity index (χ0n) is 15.9. The molecule has 0 saturated heterocycles. The van der Waals surface area contributed by atoms with Crippen LogP contribution in [0, 0.1) is 5.92 Å². The largest absolute Gasteiger partial charge is 0.508 e. The van der Waals surface area contributed by atoms with E-state index in [4.69, 9.17) is 0 Å². The standard InChI is InChI=1S/C22H38O2/c1-3-4-5-6-7-8-9-10-11-13-19(2)14-12-15-20-16-21(23)18-22(24)17-20/h16-19,23-24H,3-15H2,1-2H3. The van der Waals surface area contributed by atoms with Crippen molar-refractivity contribution in [1.29, 1.82) is 0 Å². The third-order valence-electron chi connectivity index (χ3n) is 4.93. The molecule has 0 aliphatic carbocycles. The molecule has 2 nitrogen and oxygen atoms in total. The molecule has 0 radical (unpaired) electrons. The predicted octanol–water partition coefficient (Wildman–Crippen LogP) is 6.98. The number of phenols is 2. The van der Waals surface area contributed by atoms with Crippen LogP contribution in [0.4, 0.5) is 0 Å². The Hall–Kier alpha value is -1.18. The van der Waals surface area contributed by atoms with Gasteiger partial charge in [-0.05, 0) is 36.5 Å². The zero-order chi connectivity index (χ0) is 17.6. The maximum absolute atomic E-state index is 9.49. The molecule has 2 N–H and O–H groups in total. The van der Waals surface area contributed by atoms with Crippen LogP contribution in [0.15, 0.2) is 18.2 Å². The minimum atomic E-state index is 0.160. The summed E-state index contributed by atoms with van der Waals surface area (Å²) in [6.45, 7) is 4.62. The van der Waals surface area contributed by atoms with E-state index in [-0.39, 0.29) is 11.5 Å². The first-order chi connectivity index (χ1) is 11.6. The number of aryl methyl sites for hydroxylation is 1. The molecule has 24 heavy (non-hydrogen) atoms. The van der Waals surface area contributed by atoms with Gasteiger partial charge in [0.05, 0.1) is 0 Å². The Kier molecular flexibility index (Phi) is 11.4. The van der Waals surface area contributed by atoms with Gasteiger partial charge in [0.15, 0.2) is 0 Å². The number of unbranched alkanes of at least 4 members (excludes halogenated alkanes) is 8. The van der Waals surface area contributed by atoms with Crippen molar-refractivity contribution in [2.75, 3.05) is 0 Å². The molecule has 1 rings (SSSR count). The van der Waals surface area contributed by atoms with E-state index >= 15 is 0 Å². The van der Waals surface area contributed by atoms with Gasteiger partial charge < -0.3 is 10.2 Å². The number of hydrogen-bond donors (Lipinski definition) is 2. The summed E-state index contributed by atoms with van der Waals surface area (Å²) in [5.41, 5.74) is 1.03. The summed E-state index contributed by atoms with van der Waals surface area (Å²) in [6.07, 6.45) is 17.2. The van der Waals surface area contributed by atoms with Crippen LogP contribution in [0.2, 0.25) is 0 Å². The lowest BCUT2D eigenvalue weighted by molar-refractivity contribution is 0.439. The molecule has 138 valence electrons. The Morgan fingerprint density at radius 1 is 0.708 bits per heavy atom. The summed E-state index contributed by atoms with van der Waals surface area (Å²) in [5.74, 6) is 1.10. The van der Waals surface area contributed by atoms with Gasteiger partial charge in [-0.15, -0.1) is 0 Å². The molecule has 0 aliphatic rings. The third kappa shape index (κ3) is 10.6. The van der Waals surface area contributed by atoms with Crippen LogP contribution in [0.25, 0.3) is 0 Å². The van der Waals surface area contributed by atoms with E-state index < -0.39 is 0 Å². The van der Waals surface area contributed by atoms with Crippen LogP contribution < -0.4 is 0 Å². The van der Waals surface area contributed by atoms with Crippen molar-refractivity contribution in [2.24, 2.45) is 5.92 Å². The number of rotatable bonds is 14. The maximum Gasteiger partial charge on any atom is 0.119 e. The first kappa shape index (κ1) is 20.9. The molecule has 1 unspecified atom stereocenters. The normalized spacial score (nSPS) is 12.4. The number of aromatic hydroxyl groups is 2. The van der Waals surface area contributed by atoms with Crippen molar-refractivity contribution in [3.63, 3.8) is 0 Å². The van der Waals surface area contributed by atoms with Gasteiger partial charge in [0.1, 0.15) is 11.5 Å². The number of hydrogen-bond acceptors (Lipinski definition) is 2. The second-order valence-electron chi connectivity index (χ2n) is 7.47. The van der Waals surface area contributed by atoms with E-state index in [1.807, 2.05) is 0 Å². The highest BCUT2D eigenvalue weighted by Crippen LogP contribution is 2.23. The van der Waals surface area contributed by atoms with Gasteiger partial charge >= 0.3 is 0 Å². The lowest BCUT2D eigenvalue weighted by atomic mass is 9.95. The summed E-state index contributed by atoms with van der Waals surface area (Å²) in [4.78, 5) is 0. The molecule has 0 heterocycles. The molecule has 1 atom stereocenters. The average Bonchev–Trinajstić information content (AvgIpc) is 2.52. The smallest absolute Gasteiger partial charge is 0.119 e. The maximum atomic E-state index is 9.49. The molecule has 0 amide bonds. The van der Waals surface area contributed by atoms with Gasteiger partial charge in [0, 0.05) is 6.07 Å². The minimum absolute atomic E-state index is 0.160. The molecule has 0 saturated carbocycles. The fourth-order valence-electron chi connectivity index (χ4n) is 3.40. The Bertz CT molecular complexity index is 408. The molecule has 0 fully saturated rings. The Labute approximate surface area is 149 Å². The van der Waals surface area contributed by atoms with E-state index in [1.165, 1.54) is 76.7 Å². The van der Waals surface area contributed by atoms with E-state index in [0.717, 1.165) is 24.3 Å². The summed E-state index contributed by atoms with van der Waals surface area (Å²) in [6, 6.07) is 4.89. The minimum Gasteiger partial charge on any atom is -0.508 e. The van der Waals surface area contributed by atoms with Crippen molar-refractivity contribution < 1.29 is 10.2 Å². The first-order valence-corrected chi connectivity index (χ1v) is 10.1. The summed E-state index contributed by atoms with van der Waals surface area (Å²) >= 11 is 0. The molecule has 0 aromatic heterocycles. The number of benzene rings is 1. The van der Waals surface area contributed by atoms with Gasteiger partial charge in [-0.2, -0.15) is 0 Å². The SMILES string of the molecule is CCCCCCCCCCCC(C)CCCc1cc(O)cc(O)c1. The van der Waals surface area contributed by atoms with Crippen LogP contribution in [0.5, 0.6) is 11.5 Å². The van der Waals surface area contributed by atoms with Gasteiger partial charge in [0.2, 0.25) is 0 Å². The molecule has 2 heteroatoms. The van der Waals surface area contributed by atoms with Gasteiger partial charge in [0.25, 0.3) is 0 Å². The Morgan fingerprint density at radius 2 is 1.21 bits per heavy atom. The van der Waals surface area contributed by atoms with E-state index in [0.29, 0.717) is 0 Å². The summed E-state index contributed by atoms with van der Waals surface area (Å²) in [5, 5.41) is 19.0. The molecule has 1 aromatic carbocycles. The van der Waals surface area contributed by atoms with Crippen LogP contribution in [0.1, 0.15) is 96.5 Å². The van der Waals surface area contributed by atoms with E-state index in [2.05, 4.69) is 13.8 Å². The highest BCUT2D eigenvalue weighted by Gasteiger charge is 2.04. The summed E-state index contributed by atoms with van der Waals surface area (Å²) < 4.78 is 0. The van der Waals surface area contributed by atoms with Crippen LogP contribution in [-0.2, 0) is 6.42 Å². The fraction of sp³-hybridized carbons (Fsp3) is 0.727. The van der Waals surface area contributed by atoms with Crippen molar-refractivity contribution in [3.05, 3.63) is 23.8 Å². The van der Waals surface area contributed by atoms with Crippen LogP contribution in [-0.4, -0.2) is 10.2 Å². The highest BCUT2D eigenvalue weighted by atomic mass is 16.3. The van der Waals surface area contributed by atoms with Crippen LogP contribution in [0.3, 0.4) is 0 Å². The summed E-state index contributed by atoms with van der Waals surface area (Å²) in [7, 11) is 0. The van der Waals surface area contributed by atoms with Crippen LogP contribution >= 0.6 is 0 Å². The molecular formula is C22H38O2. The lowest BCUT2D eigenvalue weighted by Crippen LogP contribution is -1.96. The first-order valence-electron chi connectivity index (χ1n) is 10.1. The van der Waals surface area contributed by atoms with Crippen molar-refractivity contribution in [3.8, 4) is 11.5 Å². The molecular weight excluding hydrogens is 296 g/mol. The number of phenolic OH excluding ortho intramolecular Hbond substituents is 2. The second kappa shape index (κ2) is 13.1. The average molecular weight is 335 g/mol. The van der Waals surface area contributed by atoms with Gasteiger partial charge in [-0.25, -0.2) is 0 Å². The quantitative estimate of drug-likeness (QED) is 0.360. The Morgan fingerprint density at radius 3 is 1.79 bits per heavy atom. The molecule has 0 bridgehead atoms. The lowest BCUT2D eigenvalue weighted by Gasteiger charge is -2.11. The predicted molar refractivity (Wildman–Crippen MR) is 104 cm³/mol.